The minimum absolute atomic E-state index is 0.0618. The predicted octanol–water partition coefficient (Wildman–Crippen LogP) is 1.40. The lowest BCUT2D eigenvalue weighted by molar-refractivity contribution is 0.100. The summed E-state index contributed by atoms with van der Waals surface area (Å²) in [5, 5.41) is 14.0. The zero-order valence-corrected chi connectivity index (χ0v) is 9.89. The first-order chi connectivity index (χ1) is 9.59. The molecule has 0 spiro atoms. The number of hydrogen-bond acceptors (Lipinski definition) is 4. The van der Waals surface area contributed by atoms with Gasteiger partial charge in [-0.1, -0.05) is 6.07 Å². The van der Waals surface area contributed by atoms with Crippen LogP contribution in [0.2, 0.25) is 0 Å². The SMILES string of the molecule is NC(=O)c1c(-c2cccc(F)c2F)nnc2[nH]ncc12. The fourth-order valence-corrected chi connectivity index (χ4v) is 1.94. The van der Waals surface area contributed by atoms with E-state index in [9.17, 15) is 13.6 Å². The Kier molecular flexibility index (Phi) is 2.63. The van der Waals surface area contributed by atoms with Gasteiger partial charge in [0, 0.05) is 5.56 Å². The molecule has 2 aromatic heterocycles. The normalized spacial score (nSPS) is 10.9. The van der Waals surface area contributed by atoms with E-state index in [-0.39, 0.29) is 22.5 Å². The van der Waals surface area contributed by atoms with Crippen LogP contribution in [0.3, 0.4) is 0 Å². The maximum atomic E-state index is 13.8. The van der Waals surface area contributed by atoms with Crippen LogP contribution in [-0.2, 0) is 0 Å². The molecule has 0 fully saturated rings. The minimum Gasteiger partial charge on any atom is -0.366 e. The Balaban J connectivity index is 2.39. The number of aromatic amines is 1. The van der Waals surface area contributed by atoms with Crippen molar-refractivity contribution >= 4 is 16.9 Å². The van der Waals surface area contributed by atoms with Crippen molar-refractivity contribution in [1.82, 2.24) is 20.4 Å². The van der Waals surface area contributed by atoms with E-state index in [0.717, 1.165) is 6.07 Å². The number of nitrogens with zero attached hydrogens (tertiary/aromatic N) is 3. The third-order valence-corrected chi connectivity index (χ3v) is 2.83. The van der Waals surface area contributed by atoms with Crippen molar-refractivity contribution in [2.45, 2.75) is 0 Å². The van der Waals surface area contributed by atoms with Crippen molar-refractivity contribution in [1.29, 1.82) is 0 Å². The van der Waals surface area contributed by atoms with Crippen molar-refractivity contribution in [2.24, 2.45) is 5.73 Å². The van der Waals surface area contributed by atoms with Gasteiger partial charge in [0.05, 0.1) is 17.1 Å². The van der Waals surface area contributed by atoms with Crippen LogP contribution in [0.15, 0.2) is 24.4 Å². The molecule has 1 amide bonds. The predicted molar refractivity (Wildman–Crippen MR) is 65.6 cm³/mol. The van der Waals surface area contributed by atoms with Gasteiger partial charge < -0.3 is 5.73 Å². The molecule has 0 bridgehead atoms. The smallest absolute Gasteiger partial charge is 0.251 e. The number of amides is 1. The highest BCUT2D eigenvalue weighted by Gasteiger charge is 2.21. The summed E-state index contributed by atoms with van der Waals surface area (Å²) in [6.45, 7) is 0. The zero-order valence-electron chi connectivity index (χ0n) is 9.89. The van der Waals surface area contributed by atoms with Crippen LogP contribution >= 0.6 is 0 Å². The first kappa shape index (κ1) is 12.2. The standard InChI is InChI=1S/C12H7F2N5O/c13-7-3-1-2-5(9(7)14)10-8(11(15)20)6-4-16-18-12(6)19-17-10/h1-4H,(H2,15,20)(H,16,18,19). The van der Waals surface area contributed by atoms with Gasteiger partial charge in [-0.2, -0.15) is 5.10 Å². The molecule has 100 valence electrons. The van der Waals surface area contributed by atoms with Gasteiger partial charge in [-0.15, -0.1) is 10.2 Å². The molecule has 0 radical (unpaired) electrons. The monoisotopic (exact) mass is 275 g/mol. The Labute approximate surface area is 110 Å². The summed E-state index contributed by atoms with van der Waals surface area (Å²) in [5.41, 5.74) is 5.17. The molecule has 8 heteroatoms. The lowest BCUT2D eigenvalue weighted by atomic mass is 10.0. The van der Waals surface area contributed by atoms with E-state index in [1.807, 2.05) is 0 Å². The maximum absolute atomic E-state index is 13.8. The van der Waals surface area contributed by atoms with Crippen LogP contribution in [0.25, 0.3) is 22.3 Å². The largest absolute Gasteiger partial charge is 0.366 e. The molecule has 3 rings (SSSR count). The van der Waals surface area contributed by atoms with E-state index < -0.39 is 17.5 Å². The summed E-state index contributed by atoms with van der Waals surface area (Å²) >= 11 is 0. The molecular weight excluding hydrogens is 268 g/mol. The fraction of sp³-hybridized carbons (Fsp3) is 0. The molecule has 2 heterocycles. The summed E-state index contributed by atoms with van der Waals surface area (Å²) in [4.78, 5) is 11.6. The van der Waals surface area contributed by atoms with Crippen LogP contribution in [-0.4, -0.2) is 26.3 Å². The first-order valence-corrected chi connectivity index (χ1v) is 5.53. The number of benzene rings is 1. The molecule has 0 unspecified atom stereocenters. The minimum atomic E-state index is -1.12. The van der Waals surface area contributed by atoms with E-state index >= 15 is 0 Å². The lowest BCUT2D eigenvalue weighted by Crippen LogP contribution is -2.15. The van der Waals surface area contributed by atoms with Gasteiger partial charge in [0.25, 0.3) is 5.91 Å². The first-order valence-electron chi connectivity index (χ1n) is 5.53. The second-order valence-corrected chi connectivity index (χ2v) is 4.02. The number of nitrogens with two attached hydrogens (primary N) is 1. The Morgan fingerprint density at radius 1 is 1.25 bits per heavy atom. The van der Waals surface area contributed by atoms with Crippen LogP contribution in [0.5, 0.6) is 0 Å². The second-order valence-electron chi connectivity index (χ2n) is 4.02. The molecule has 0 saturated heterocycles. The van der Waals surface area contributed by atoms with Crippen LogP contribution < -0.4 is 5.73 Å². The summed E-state index contributed by atoms with van der Waals surface area (Å²) in [6.07, 6.45) is 1.32. The Hall–Kier alpha value is -2.90. The summed E-state index contributed by atoms with van der Waals surface area (Å²) in [5.74, 6) is -3.00. The molecule has 0 saturated carbocycles. The summed E-state index contributed by atoms with van der Waals surface area (Å²) in [7, 11) is 0. The van der Waals surface area contributed by atoms with E-state index in [1.165, 1.54) is 18.3 Å². The summed E-state index contributed by atoms with van der Waals surface area (Å²) < 4.78 is 27.1. The molecule has 3 N–H and O–H groups in total. The number of primary amides is 1. The van der Waals surface area contributed by atoms with E-state index in [4.69, 9.17) is 5.73 Å². The van der Waals surface area contributed by atoms with Gasteiger partial charge in [-0.25, -0.2) is 8.78 Å². The lowest BCUT2D eigenvalue weighted by Gasteiger charge is -2.07. The van der Waals surface area contributed by atoms with Crippen molar-refractivity contribution in [2.75, 3.05) is 0 Å². The van der Waals surface area contributed by atoms with Gasteiger partial charge >= 0.3 is 0 Å². The fourth-order valence-electron chi connectivity index (χ4n) is 1.94. The molecule has 6 nitrogen and oxygen atoms in total. The highest BCUT2D eigenvalue weighted by atomic mass is 19.2. The van der Waals surface area contributed by atoms with Crippen LogP contribution in [0.1, 0.15) is 10.4 Å². The average molecular weight is 275 g/mol. The number of aromatic nitrogens is 4. The Bertz CT molecular complexity index is 830. The highest BCUT2D eigenvalue weighted by molar-refractivity contribution is 6.09. The van der Waals surface area contributed by atoms with E-state index in [1.54, 1.807) is 0 Å². The number of halogens is 2. The maximum Gasteiger partial charge on any atom is 0.251 e. The number of carbonyl (C=O) groups excluding carboxylic acids is 1. The van der Waals surface area contributed by atoms with Gasteiger partial charge in [-0.3, -0.25) is 9.89 Å². The topological polar surface area (TPSA) is 97.5 Å². The van der Waals surface area contributed by atoms with Crippen molar-refractivity contribution < 1.29 is 13.6 Å². The van der Waals surface area contributed by atoms with E-state index in [2.05, 4.69) is 20.4 Å². The molecular formula is C12H7F2N5O. The summed E-state index contributed by atoms with van der Waals surface area (Å²) in [6, 6.07) is 3.56. The van der Waals surface area contributed by atoms with Crippen LogP contribution in [0.4, 0.5) is 8.78 Å². The molecule has 0 atom stereocenters. The number of fused-ring (bicyclic) bond motifs is 1. The molecule has 0 aliphatic rings. The number of carbonyl (C=O) groups is 1. The Morgan fingerprint density at radius 2 is 2.05 bits per heavy atom. The molecule has 0 aliphatic heterocycles. The second kappa shape index (κ2) is 4.34. The number of rotatable bonds is 2. The highest BCUT2D eigenvalue weighted by Crippen LogP contribution is 2.28. The third-order valence-electron chi connectivity index (χ3n) is 2.83. The zero-order chi connectivity index (χ0) is 14.3. The molecule has 0 aliphatic carbocycles. The third kappa shape index (κ3) is 1.69. The molecule has 1 aromatic carbocycles. The number of nitrogens with one attached hydrogen (secondary N) is 1. The van der Waals surface area contributed by atoms with Gasteiger partial charge in [0.15, 0.2) is 17.3 Å². The van der Waals surface area contributed by atoms with Gasteiger partial charge in [-0.05, 0) is 12.1 Å². The quantitative estimate of drug-likeness (QED) is 0.738. The molecule has 20 heavy (non-hydrogen) atoms. The van der Waals surface area contributed by atoms with E-state index in [0.29, 0.717) is 5.39 Å². The Morgan fingerprint density at radius 3 is 2.80 bits per heavy atom. The average Bonchev–Trinajstić information content (AvgIpc) is 2.88. The molecule has 3 aromatic rings. The van der Waals surface area contributed by atoms with Crippen LogP contribution in [0, 0.1) is 11.6 Å². The van der Waals surface area contributed by atoms with Crippen molar-refractivity contribution in [3.63, 3.8) is 0 Å². The number of H-pyrrole nitrogens is 1. The van der Waals surface area contributed by atoms with Gasteiger partial charge in [0.1, 0.15) is 5.69 Å². The van der Waals surface area contributed by atoms with Crippen molar-refractivity contribution in [3.8, 4) is 11.3 Å². The number of hydrogen-bond donors (Lipinski definition) is 2. The van der Waals surface area contributed by atoms with Crippen molar-refractivity contribution in [3.05, 3.63) is 41.6 Å². The van der Waals surface area contributed by atoms with Gasteiger partial charge in [0.2, 0.25) is 0 Å².